The Hall–Kier alpha value is -1.02. The highest BCUT2D eigenvalue weighted by molar-refractivity contribution is 5.29. The van der Waals surface area contributed by atoms with Crippen molar-refractivity contribution in [3.63, 3.8) is 0 Å². The average Bonchev–Trinajstić information content (AvgIpc) is 2.26. The number of hydrogen-bond donors (Lipinski definition) is 1. The molecule has 114 valence electrons. The Balaban J connectivity index is 2.67. The maximum Gasteiger partial charge on any atom is 0.119 e. The molecule has 1 unspecified atom stereocenters. The van der Waals surface area contributed by atoms with Gasteiger partial charge in [0.15, 0.2) is 0 Å². The van der Waals surface area contributed by atoms with Crippen LogP contribution < -0.4 is 10.1 Å². The largest absolute Gasteiger partial charge is 0.494 e. The van der Waals surface area contributed by atoms with Gasteiger partial charge in [0, 0.05) is 11.6 Å². The first kappa shape index (κ1) is 17.0. The van der Waals surface area contributed by atoms with Gasteiger partial charge in [-0.1, -0.05) is 32.9 Å². The Morgan fingerprint density at radius 3 is 2.05 bits per heavy atom. The summed E-state index contributed by atoms with van der Waals surface area (Å²) in [6.07, 6.45) is 1.14. The van der Waals surface area contributed by atoms with E-state index in [2.05, 4.69) is 59.0 Å². The first-order valence-corrected chi connectivity index (χ1v) is 7.63. The van der Waals surface area contributed by atoms with Gasteiger partial charge in [0.05, 0.1) is 6.61 Å². The van der Waals surface area contributed by atoms with Crippen LogP contribution in [-0.2, 0) is 0 Å². The SMILES string of the molecule is CCOc1ccc(C(C)NC(C)(C)CC(C)(C)C)cc1. The molecule has 1 aromatic carbocycles. The van der Waals surface area contributed by atoms with E-state index in [-0.39, 0.29) is 5.54 Å². The van der Waals surface area contributed by atoms with E-state index in [1.807, 2.05) is 19.1 Å². The molecule has 0 radical (unpaired) electrons. The van der Waals surface area contributed by atoms with Crippen LogP contribution in [0.25, 0.3) is 0 Å². The number of benzene rings is 1. The summed E-state index contributed by atoms with van der Waals surface area (Å²) < 4.78 is 5.49. The molecule has 0 saturated carbocycles. The summed E-state index contributed by atoms with van der Waals surface area (Å²) in [6, 6.07) is 8.73. The third-order valence-corrected chi connectivity index (χ3v) is 3.27. The molecule has 0 heterocycles. The van der Waals surface area contributed by atoms with Gasteiger partial charge in [-0.05, 0) is 57.2 Å². The zero-order chi connectivity index (χ0) is 15.4. The third kappa shape index (κ3) is 5.96. The summed E-state index contributed by atoms with van der Waals surface area (Å²) >= 11 is 0. The van der Waals surface area contributed by atoms with Crippen LogP contribution in [-0.4, -0.2) is 12.1 Å². The van der Waals surface area contributed by atoms with Crippen molar-refractivity contribution < 1.29 is 4.74 Å². The molecule has 0 saturated heterocycles. The van der Waals surface area contributed by atoms with Crippen molar-refractivity contribution in [3.05, 3.63) is 29.8 Å². The minimum Gasteiger partial charge on any atom is -0.494 e. The lowest BCUT2D eigenvalue weighted by molar-refractivity contribution is 0.227. The van der Waals surface area contributed by atoms with Crippen molar-refractivity contribution >= 4 is 0 Å². The molecule has 2 heteroatoms. The van der Waals surface area contributed by atoms with Crippen molar-refractivity contribution in [2.24, 2.45) is 5.41 Å². The minimum absolute atomic E-state index is 0.121. The molecule has 2 nitrogen and oxygen atoms in total. The highest BCUT2D eigenvalue weighted by Crippen LogP contribution is 2.29. The van der Waals surface area contributed by atoms with Gasteiger partial charge < -0.3 is 10.1 Å². The summed E-state index contributed by atoms with van der Waals surface area (Å²) in [5, 5.41) is 3.74. The molecule has 0 amide bonds. The van der Waals surface area contributed by atoms with Crippen LogP contribution in [0.1, 0.15) is 66.5 Å². The zero-order valence-electron chi connectivity index (χ0n) is 14.2. The maximum atomic E-state index is 5.49. The first-order valence-electron chi connectivity index (χ1n) is 7.63. The van der Waals surface area contributed by atoms with Gasteiger partial charge in [0.1, 0.15) is 5.75 Å². The van der Waals surface area contributed by atoms with E-state index in [1.165, 1.54) is 5.56 Å². The van der Waals surface area contributed by atoms with Gasteiger partial charge in [0.25, 0.3) is 0 Å². The molecule has 0 aromatic heterocycles. The second-order valence-electron chi connectivity index (χ2n) is 7.49. The smallest absolute Gasteiger partial charge is 0.119 e. The van der Waals surface area contributed by atoms with Crippen molar-refractivity contribution in [2.45, 2.75) is 66.5 Å². The molecule has 20 heavy (non-hydrogen) atoms. The number of rotatable bonds is 6. The van der Waals surface area contributed by atoms with Crippen molar-refractivity contribution in [2.75, 3.05) is 6.61 Å². The van der Waals surface area contributed by atoms with E-state index < -0.39 is 0 Å². The maximum absolute atomic E-state index is 5.49. The second kappa shape index (κ2) is 6.62. The van der Waals surface area contributed by atoms with Crippen molar-refractivity contribution in [3.8, 4) is 5.75 Å². The lowest BCUT2D eigenvalue weighted by Crippen LogP contribution is -2.43. The van der Waals surface area contributed by atoms with E-state index >= 15 is 0 Å². The number of nitrogens with one attached hydrogen (secondary N) is 1. The van der Waals surface area contributed by atoms with Gasteiger partial charge in [0.2, 0.25) is 0 Å². The molecule has 1 N–H and O–H groups in total. The summed E-state index contributed by atoms with van der Waals surface area (Å²) in [4.78, 5) is 0. The minimum atomic E-state index is 0.121. The molecule has 0 aliphatic heterocycles. The van der Waals surface area contributed by atoms with Gasteiger partial charge >= 0.3 is 0 Å². The van der Waals surface area contributed by atoms with Gasteiger partial charge in [-0.3, -0.25) is 0 Å². The van der Waals surface area contributed by atoms with Crippen LogP contribution in [0.5, 0.6) is 5.75 Å². The van der Waals surface area contributed by atoms with E-state index in [1.54, 1.807) is 0 Å². The van der Waals surface area contributed by atoms with Crippen LogP contribution >= 0.6 is 0 Å². The highest BCUT2D eigenvalue weighted by Gasteiger charge is 2.26. The third-order valence-electron chi connectivity index (χ3n) is 3.27. The van der Waals surface area contributed by atoms with Crippen molar-refractivity contribution in [1.82, 2.24) is 5.32 Å². The highest BCUT2D eigenvalue weighted by atomic mass is 16.5. The van der Waals surface area contributed by atoms with Crippen LogP contribution in [0, 0.1) is 5.41 Å². The topological polar surface area (TPSA) is 21.3 Å². The van der Waals surface area contributed by atoms with E-state index in [4.69, 9.17) is 4.74 Å². The van der Waals surface area contributed by atoms with Gasteiger partial charge in [-0.2, -0.15) is 0 Å². The fraction of sp³-hybridized carbons (Fsp3) is 0.667. The van der Waals surface area contributed by atoms with Gasteiger partial charge in [-0.15, -0.1) is 0 Å². The van der Waals surface area contributed by atoms with E-state index in [9.17, 15) is 0 Å². The molecule has 1 aromatic rings. The lowest BCUT2D eigenvalue weighted by atomic mass is 9.81. The molecular formula is C18H31NO. The Bertz CT molecular complexity index is 400. The standard InChI is InChI=1S/C18H31NO/c1-8-20-16-11-9-15(10-12-16)14(2)19-18(6,7)13-17(3,4)5/h9-12,14,19H,8,13H2,1-7H3. The zero-order valence-corrected chi connectivity index (χ0v) is 14.2. The number of hydrogen-bond acceptors (Lipinski definition) is 2. The summed E-state index contributed by atoms with van der Waals surface area (Å²) in [5.41, 5.74) is 1.75. The lowest BCUT2D eigenvalue weighted by Gasteiger charge is -2.36. The second-order valence-corrected chi connectivity index (χ2v) is 7.49. The average molecular weight is 277 g/mol. The number of ether oxygens (including phenoxy) is 1. The van der Waals surface area contributed by atoms with E-state index in [0.717, 1.165) is 12.2 Å². The Kier molecular flexibility index (Phi) is 5.64. The fourth-order valence-corrected chi connectivity index (χ4v) is 3.07. The van der Waals surface area contributed by atoms with E-state index in [0.29, 0.717) is 18.1 Å². The molecule has 0 aliphatic rings. The predicted molar refractivity (Wildman–Crippen MR) is 87.3 cm³/mol. The molecule has 0 bridgehead atoms. The molecule has 1 rings (SSSR count). The summed E-state index contributed by atoms with van der Waals surface area (Å²) in [7, 11) is 0. The Labute approximate surface area is 124 Å². The van der Waals surface area contributed by atoms with Crippen LogP contribution in [0.3, 0.4) is 0 Å². The van der Waals surface area contributed by atoms with Gasteiger partial charge in [-0.25, -0.2) is 0 Å². The molecule has 1 atom stereocenters. The molecule has 0 aliphatic carbocycles. The quantitative estimate of drug-likeness (QED) is 0.794. The van der Waals surface area contributed by atoms with Crippen LogP contribution in [0.4, 0.5) is 0 Å². The Morgan fingerprint density at radius 2 is 1.60 bits per heavy atom. The summed E-state index contributed by atoms with van der Waals surface area (Å²) in [6.45, 7) is 16.4. The molecule has 0 spiro atoms. The predicted octanol–water partition coefficient (Wildman–Crippen LogP) is 4.95. The normalized spacial score (nSPS) is 14.2. The monoisotopic (exact) mass is 277 g/mol. The molecule has 0 fully saturated rings. The summed E-state index contributed by atoms with van der Waals surface area (Å²) in [5.74, 6) is 0.942. The first-order chi connectivity index (χ1) is 9.13. The van der Waals surface area contributed by atoms with Crippen LogP contribution in [0.2, 0.25) is 0 Å². The fourth-order valence-electron chi connectivity index (χ4n) is 3.07. The van der Waals surface area contributed by atoms with Crippen molar-refractivity contribution in [1.29, 1.82) is 0 Å². The Morgan fingerprint density at radius 1 is 1.05 bits per heavy atom. The molecular weight excluding hydrogens is 246 g/mol. The van der Waals surface area contributed by atoms with Crippen LogP contribution in [0.15, 0.2) is 24.3 Å².